The first-order valence-electron chi connectivity index (χ1n) is 4.41. The van der Waals surface area contributed by atoms with Crippen LogP contribution in [0.3, 0.4) is 0 Å². The molecular weight excluding hydrogens is 192 g/mol. The molecule has 0 aromatic carbocycles. The van der Waals surface area contributed by atoms with Crippen LogP contribution in [-0.4, -0.2) is 28.7 Å². The molecule has 0 unspecified atom stereocenters. The van der Waals surface area contributed by atoms with E-state index in [1.54, 1.807) is 14.2 Å². The Morgan fingerprint density at radius 3 is 2.08 bits per heavy atom. The molecule has 12 heavy (non-hydrogen) atoms. The predicted octanol–water partition coefficient (Wildman–Crippen LogP) is 2.76. The number of hydrogen-bond donors (Lipinski definition) is 0. The van der Waals surface area contributed by atoms with Crippen molar-refractivity contribution in [1.29, 1.82) is 0 Å². The molecule has 0 aliphatic rings. The summed E-state index contributed by atoms with van der Waals surface area (Å²) in [7, 11) is 1.69. The van der Waals surface area contributed by atoms with Gasteiger partial charge in [0.05, 0.1) is 0 Å². The van der Waals surface area contributed by atoms with E-state index in [0.717, 1.165) is 30.8 Å². The van der Waals surface area contributed by atoms with E-state index in [1.165, 1.54) is 0 Å². The average molecular weight is 211 g/mol. The molecule has 0 amide bonds. The molecule has 2 nitrogen and oxygen atoms in total. The Hall–Kier alpha value is 0.427. The molecule has 0 aliphatic heterocycles. The summed E-state index contributed by atoms with van der Waals surface area (Å²) in [5.41, 5.74) is 0. The lowest BCUT2D eigenvalue weighted by Gasteiger charge is -2.25. The van der Waals surface area contributed by atoms with E-state index in [0.29, 0.717) is 0 Å². The standard InChI is InChI=1S/C8H19ClO2Si/c1-4-12(10-2,11-3)8-6-5-7-9/h4-8H2,1-3H3. The summed E-state index contributed by atoms with van der Waals surface area (Å²) < 4.78 is 10.9. The van der Waals surface area contributed by atoms with Crippen molar-refractivity contribution in [1.82, 2.24) is 0 Å². The number of hydrogen-bond acceptors (Lipinski definition) is 2. The van der Waals surface area contributed by atoms with Gasteiger partial charge >= 0.3 is 8.56 Å². The fraction of sp³-hybridized carbons (Fsp3) is 1.00. The third-order valence-electron chi connectivity index (χ3n) is 2.22. The maximum absolute atomic E-state index is 5.59. The molecule has 0 N–H and O–H groups in total. The largest absolute Gasteiger partial charge is 0.398 e. The van der Waals surface area contributed by atoms with E-state index >= 15 is 0 Å². The van der Waals surface area contributed by atoms with Crippen LogP contribution >= 0.6 is 11.6 Å². The zero-order chi connectivity index (χ0) is 9.45. The Labute approximate surface area is 81.5 Å². The first-order valence-corrected chi connectivity index (χ1v) is 7.17. The van der Waals surface area contributed by atoms with Crippen molar-refractivity contribution in [2.45, 2.75) is 31.9 Å². The van der Waals surface area contributed by atoms with E-state index < -0.39 is 8.56 Å². The van der Waals surface area contributed by atoms with Gasteiger partial charge in [-0.2, -0.15) is 0 Å². The van der Waals surface area contributed by atoms with Crippen molar-refractivity contribution in [3.63, 3.8) is 0 Å². The van der Waals surface area contributed by atoms with Gasteiger partial charge in [-0.25, -0.2) is 0 Å². The zero-order valence-corrected chi connectivity index (χ0v) is 9.99. The Balaban J connectivity index is 3.76. The summed E-state index contributed by atoms with van der Waals surface area (Å²) in [6.45, 7) is 2.12. The van der Waals surface area contributed by atoms with Gasteiger partial charge in [0, 0.05) is 20.1 Å². The second-order valence-electron chi connectivity index (χ2n) is 2.82. The number of alkyl halides is 1. The van der Waals surface area contributed by atoms with Gasteiger partial charge in [-0.3, -0.25) is 0 Å². The average Bonchev–Trinajstić information content (AvgIpc) is 2.14. The lowest BCUT2D eigenvalue weighted by Crippen LogP contribution is -2.38. The van der Waals surface area contributed by atoms with E-state index in [1.807, 2.05) is 0 Å². The van der Waals surface area contributed by atoms with Crippen LogP contribution < -0.4 is 0 Å². The Bertz CT molecular complexity index is 99.0. The van der Waals surface area contributed by atoms with Crippen molar-refractivity contribution >= 4 is 20.2 Å². The van der Waals surface area contributed by atoms with Crippen LogP contribution in [-0.2, 0) is 8.85 Å². The molecule has 0 aliphatic carbocycles. The van der Waals surface area contributed by atoms with Crippen LogP contribution in [0.5, 0.6) is 0 Å². The fourth-order valence-electron chi connectivity index (χ4n) is 1.24. The lowest BCUT2D eigenvalue weighted by molar-refractivity contribution is 0.242. The van der Waals surface area contributed by atoms with Crippen LogP contribution in [0.1, 0.15) is 19.8 Å². The minimum absolute atomic E-state index is 0.738. The summed E-state index contributed by atoms with van der Waals surface area (Å²) in [5.74, 6) is 0.738. The fourth-order valence-corrected chi connectivity index (χ4v) is 3.73. The molecule has 4 heteroatoms. The maximum atomic E-state index is 5.59. The van der Waals surface area contributed by atoms with Crippen LogP contribution in [0.15, 0.2) is 0 Å². The Kier molecular flexibility index (Phi) is 7.14. The summed E-state index contributed by atoms with van der Waals surface area (Å²) >= 11 is 5.59. The molecule has 0 aromatic heterocycles. The van der Waals surface area contributed by atoms with Crippen molar-refractivity contribution in [2.24, 2.45) is 0 Å². The van der Waals surface area contributed by atoms with Gasteiger partial charge in [0.2, 0.25) is 0 Å². The number of halogens is 1. The number of rotatable bonds is 7. The van der Waals surface area contributed by atoms with Crippen molar-refractivity contribution in [3.8, 4) is 0 Å². The van der Waals surface area contributed by atoms with Gasteiger partial charge in [0.25, 0.3) is 0 Å². The SMILES string of the molecule is CC[Si](CCCCCl)(OC)OC. The molecule has 0 rings (SSSR count). The van der Waals surface area contributed by atoms with Crippen LogP contribution in [0.4, 0.5) is 0 Å². The highest BCUT2D eigenvalue weighted by Gasteiger charge is 2.31. The number of unbranched alkanes of at least 4 members (excludes halogenated alkanes) is 1. The van der Waals surface area contributed by atoms with Gasteiger partial charge in [0.1, 0.15) is 0 Å². The Morgan fingerprint density at radius 2 is 1.75 bits per heavy atom. The molecule has 0 aromatic rings. The summed E-state index contributed by atoms with van der Waals surface area (Å²) in [4.78, 5) is 0. The second kappa shape index (κ2) is 6.89. The molecular formula is C8H19ClO2Si. The molecule has 0 saturated heterocycles. The second-order valence-corrected chi connectivity index (χ2v) is 7.04. The molecule has 0 bridgehead atoms. The van der Waals surface area contributed by atoms with Gasteiger partial charge in [0.15, 0.2) is 0 Å². The smallest absolute Gasteiger partial charge is 0.337 e. The van der Waals surface area contributed by atoms with Crippen molar-refractivity contribution in [2.75, 3.05) is 20.1 Å². The van der Waals surface area contributed by atoms with E-state index in [9.17, 15) is 0 Å². The van der Waals surface area contributed by atoms with Crippen LogP contribution in [0, 0.1) is 0 Å². The first-order chi connectivity index (χ1) is 5.74. The van der Waals surface area contributed by atoms with E-state index in [4.69, 9.17) is 20.5 Å². The molecule has 74 valence electrons. The van der Waals surface area contributed by atoms with Gasteiger partial charge in [-0.1, -0.05) is 13.3 Å². The predicted molar refractivity (Wildman–Crippen MR) is 55.0 cm³/mol. The summed E-state index contributed by atoms with van der Waals surface area (Å²) in [6.07, 6.45) is 2.17. The molecule has 0 spiro atoms. The highest BCUT2D eigenvalue weighted by molar-refractivity contribution is 6.67. The maximum Gasteiger partial charge on any atom is 0.337 e. The molecule has 0 heterocycles. The topological polar surface area (TPSA) is 18.5 Å². The highest BCUT2D eigenvalue weighted by atomic mass is 35.5. The van der Waals surface area contributed by atoms with Gasteiger partial charge in [-0.05, 0) is 18.5 Å². The molecule has 0 fully saturated rings. The zero-order valence-electron chi connectivity index (χ0n) is 8.23. The quantitative estimate of drug-likeness (QED) is 0.366. The normalized spacial score (nSPS) is 12.0. The molecule has 0 saturated carbocycles. The minimum atomic E-state index is -1.81. The summed E-state index contributed by atoms with van der Waals surface area (Å²) in [5, 5.41) is 0. The molecule has 0 atom stereocenters. The lowest BCUT2D eigenvalue weighted by atomic mass is 10.4. The van der Waals surface area contributed by atoms with Gasteiger partial charge in [-0.15, -0.1) is 11.6 Å². The van der Waals surface area contributed by atoms with Gasteiger partial charge < -0.3 is 8.85 Å². The van der Waals surface area contributed by atoms with Crippen LogP contribution in [0.25, 0.3) is 0 Å². The third-order valence-corrected chi connectivity index (χ3v) is 6.17. The third kappa shape index (κ3) is 3.89. The van der Waals surface area contributed by atoms with E-state index in [-0.39, 0.29) is 0 Å². The first kappa shape index (κ1) is 12.4. The van der Waals surface area contributed by atoms with Crippen molar-refractivity contribution < 1.29 is 8.85 Å². The van der Waals surface area contributed by atoms with E-state index in [2.05, 4.69) is 6.92 Å². The highest BCUT2D eigenvalue weighted by Crippen LogP contribution is 2.19. The van der Waals surface area contributed by atoms with Crippen LogP contribution in [0.2, 0.25) is 12.1 Å². The Morgan fingerprint density at radius 1 is 1.17 bits per heavy atom. The molecule has 0 radical (unpaired) electrons. The summed E-state index contributed by atoms with van der Waals surface area (Å²) in [6, 6.07) is 2.07. The minimum Gasteiger partial charge on any atom is -0.398 e. The monoisotopic (exact) mass is 210 g/mol. The van der Waals surface area contributed by atoms with Crippen molar-refractivity contribution in [3.05, 3.63) is 0 Å².